The van der Waals surface area contributed by atoms with Crippen LogP contribution in [0.15, 0.2) is 0 Å². The molecule has 2 atom stereocenters. The first-order valence-electron chi connectivity index (χ1n) is 8.25. The Morgan fingerprint density at radius 1 is 0.947 bits per heavy atom. The van der Waals surface area contributed by atoms with Crippen molar-refractivity contribution in [1.82, 2.24) is 4.90 Å². The van der Waals surface area contributed by atoms with E-state index in [1.807, 2.05) is 0 Å². The van der Waals surface area contributed by atoms with Crippen LogP contribution in [0.1, 0.15) is 64.2 Å². The summed E-state index contributed by atoms with van der Waals surface area (Å²) >= 11 is 0. The maximum absolute atomic E-state index is 12.6. The molecule has 3 rings (SSSR count). The van der Waals surface area contributed by atoms with Gasteiger partial charge in [0.25, 0.3) is 0 Å². The molecule has 3 aliphatic rings. The van der Waals surface area contributed by atoms with E-state index in [-0.39, 0.29) is 12.0 Å². The van der Waals surface area contributed by atoms with Crippen molar-refractivity contribution >= 4 is 5.91 Å². The van der Waals surface area contributed by atoms with Gasteiger partial charge in [-0.15, -0.1) is 0 Å². The van der Waals surface area contributed by atoms with Gasteiger partial charge in [0.15, 0.2) is 0 Å². The zero-order valence-electron chi connectivity index (χ0n) is 12.1. The van der Waals surface area contributed by atoms with E-state index >= 15 is 0 Å². The second kappa shape index (κ2) is 5.43. The van der Waals surface area contributed by atoms with Crippen LogP contribution in [-0.2, 0) is 4.79 Å². The molecule has 3 heteroatoms. The van der Waals surface area contributed by atoms with Crippen molar-refractivity contribution in [2.75, 3.05) is 13.1 Å². The molecule has 1 heterocycles. The molecule has 1 aliphatic heterocycles. The lowest BCUT2D eigenvalue weighted by molar-refractivity contribution is -0.139. The lowest BCUT2D eigenvalue weighted by atomic mass is 9.76. The monoisotopic (exact) mass is 264 g/mol. The molecule has 3 nitrogen and oxygen atoms in total. The Balaban J connectivity index is 1.57. The molecule has 19 heavy (non-hydrogen) atoms. The summed E-state index contributed by atoms with van der Waals surface area (Å²) in [6.45, 7) is 1.98. The van der Waals surface area contributed by atoms with E-state index in [1.165, 1.54) is 51.4 Å². The summed E-state index contributed by atoms with van der Waals surface area (Å²) in [7, 11) is 0. The normalized spacial score (nSPS) is 34.7. The van der Waals surface area contributed by atoms with Gasteiger partial charge in [-0.25, -0.2) is 0 Å². The summed E-state index contributed by atoms with van der Waals surface area (Å²) in [6, 6.07) is 0.114. The van der Waals surface area contributed by atoms with Crippen LogP contribution in [0.25, 0.3) is 0 Å². The zero-order chi connectivity index (χ0) is 13.3. The Morgan fingerprint density at radius 2 is 1.58 bits per heavy atom. The van der Waals surface area contributed by atoms with Gasteiger partial charge in [-0.1, -0.05) is 25.7 Å². The minimum Gasteiger partial charge on any atom is -0.342 e. The van der Waals surface area contributed by atoms with E-state index in [9.17, 15) is 4.79 Å². The minimum absolute atomic E-state index is 0.114. The van der Waals surface area contributed by atoms with Gasteiger partial charge in [-0.2, -0.15) is 0 Å². The van der Waals surface area contributed by atoms with Crippen LogP contribution in [0.5, 0.6) is 0 Å². The summed E-state index contributed by atoms with van der Waals surface area (Å²) in [4.78, 5) is 14.7. The third kappa shape index (κ3) is 2.67. The highest BCUT2D eigenvalue weighted by Crippen LogP contribution is 2.46. The van der Waals surface area contributed by atoms with Crippen LogP contribution < -0.4 is 5.73 Å². The van der Waals surface area contributed by atoms with Gasteiger partial charge in [-0.3, -0.25) is 4.79 Å². The van der Waals surface area contributed by atoms with E-state index in [4.69, 9.17) is 5.73 Å². The molecule has 108 valence electrons. The molecular weight excluding hydrogens is 236 g/mol. The van der Waals surface area contributed by atoms with Crippen LogP contribution in [0.4, 0.5) is 0 Å². The largest absolute Gasteiger partial charge is 0.342 e. The van der Waals surface area contributed by atoms with Gasteiger partial charge in [-0.05, 0) is 43.9 Å². The minimum atomic E-state index is 0.114. The zero-order valence-corrected chi connectivity index (χ0v) is 12.1. The Morgan fingerprint density at radius 3 is 2.21 bits per heavy atom. The third-order valence-corrected chi connectivity index (χ3v) is 5.94. The molecule has 0 bridgehead atoms. The standard InChI is InChI=1S/C16H28N2O/c17-14-6-2-1-5-13(14)15(19)18-11-9-16(10-12-18)7-3-4-8-16/h13-14H,1-12,17H2. The Kier molecular flexibility index (Phi) is 3.84. The first kappa shape index (κ1) is 13.4. The predicted octanol–water partition coefficient (Wildman–Crippen LogP) is 2.69. The smallest absolute Gasteiger partial charge is 0.227 e. The molecule has 0 aromatic rings. The van der Waals surface area contributed by atoms with Crippen LogP contribution >= 0.6 is 0 Å². The number of likely N-dealkylation sites (tertiary alicyclic amines) is 1. The highest BCUT2D eigenvalue weighted by atomic mass is 16.2. The first-order valence-corrected chi connectivity index (χ1v) is 8.25. The van der Waals surface area contributed by atoms with Crippen LogP contribution in [0.3, 0.4) is 0 Å². The number of hydrogen-bond donors (Lipinski definition) is 1. The van der Waals surface area contributed by atoms with Gasteiger partial charge >= 0.3 is 0 Å². The SMILES string of the molecule is NC1CCCCC1C(=O)N1CCC2(CCCC2)CC1. The summed E-state index contributed by atoms with van der Waals surface area (Å²) < 4.78 is 0. The third-order valence-electron chi connectivity index (χ3n) is 5.94. The molecule has 0 radical (unpaired) electrons. The first-order chi connectivity index (χ1) is 9.20. The molecule has 2 saturated carbocycles. The number of amides is 1. The molecule has 2 aliphatic carbocycles. The van der Waals surface area contributed by atoms with E-state index < -0.39 is 0 Å². The predicted molar refractivity (Wildman–Crippen MR) is 76.6 cm³/mol. The van der Waals surface area contributed by atoms with Crippen molar-refractivity contribution in [3.05, 3.63) is 0 Å². The Labute approximate surface area is 116 Å². The lowest BCUT2D eigenvalue weighted by Crippen LogP contribution is -2.49. The number of carbonyl (C=O) groups excluding carboxylic acids is 1. The molecule has 0 aromatic carbocycles. The molecule has 0 aromatic heterocycles. The van der Waals surface area contributed by atoms with E-state index in [1.54, 1.807) is 0 Å². The average Bonchev–Trinajstić information content (AvgIpc) is 2.88. The van der Waals surface area contributed by atoms with Crippen molar-refractivity contribution in [1.29, 1.82) is 0 Å². The van der Waals surface area contributed by atoms with Gasteiger partial charge in [0.2, 0.25) is 5.91 Å². The second-order valence-electron chi connectivity index (χ2n) is 7.09. The molecule has 1 spiro atoms. The van der Waals surface area contributed by atoms with E-state index in [0.29, 0.717) is 11.3 Å². The van der Waals surface area contributed by atoms with Gasteiger partial charge < -0.3 is 10.6 Å². The summed E-state index contributed by atoms with van der Waals surface area (Å²) in [5.41, 5.74) is 6.76. The van der Waals surface area contributed by atoms with Gasteiger partial charge in [0, 0.05) is 19.1 Å². The number of hydrogen-bond acceptors (Lipinski definition) is 2. The van der Waals surface area contributed by atoms with Gasteiger partial charge in [0.1, 0.15) is 0 Å². The van der Waals surface area contributed by atoms with Crippen LogP contribution in [-0.4, -0.2) is 29.9 Å². The summed E-state index contributed by atoms with van der Waals surface area (Å²) in [5, 5.41) is 0. The van der Waals surface area contributed by atoms with Crippen molar-refractivity contribution in [2.45, 2.75) is 70.3 Å². The molecular formula is C16H28N2O. The van der Waals surface area contributed by atoms with Crippen molar-refractivity contribution < 1.29 is 4.79 Å². The van der Waals surface area contributed by atoms with Crippen LogP contribution in [0, 0.1) is 11.3 Å². The summed E-state index contributed by atoms with van der Waals surface area (Å²) in [6.07, 6.45) is 12.5. The summed E-state index contributed by atoms with van der Waals surface area (Å²) in [5.74, 6) is 0.478. The van der Waals surface area contributed by atoms with Crippen LogP contribution in [0.2, 0.25) is 0 Å². The number of nitrogens with two attached hydrogens (primary N) is 1. The van der Waals surface area contributed by atoms with E-state index in [0.717, 1.165) is 25.9 Å². The molecule has 1 amide bonds. The maximum atomic E-state index is 12.6. The fraction of sp³-hybridized carbons (Fsp3) is 0.938. The number of piperidine rings is 1. The average molecular weight is 264 g/mol. The maximum Gasteiger partial charge on any atom is 0.227 e. The highest BCUT2D eigenvalue weighted by molar-refractivity contribution is 5.79. The molecule has 2 N–H and O–H groups in total. The van der Waals surface area contributed by atoms with Crippen molar-refractivity contribution in [3.8, 4) is 0 Å². The quantitative estimate of drug-likeness (QED) is 0.791. The van der Waals surface area contributed by atoms with E-state index in [2.05, 4.69) is 4.90 Å². The number of nitrogens with zero attached hydrogens (tertiary/aromatic N) is 1. The fourth-order valence-electron chi connectivity index (χ4n) is 4.53. The Hall–Kier alpha value is -0.570. The Bertz CT molecular complexity index is 326. The molecule has 3 fully saturated rings. The number of carbonyl (C=O) groups is 1. The molecule has 1 saturated heterocycles. The topological polar surface area (TPSA) is 46.3 Å². The number of rotatable bonds is 1. The second-order valence-corrected chi connectivity index (χ2v) is 7.09. The lowest BCUT2D eigenvalue weighted by Gasteiger charge is -2.41. The highest BCUT2D eigenvalue weighted by Gasteiger charge is 2.40. The molecule has 2 unspecified atom stereocenters. The van der Waals surface area contributed by atoms with Crippen molar-refractivity contribution in [2.24, 2.45) is 17.1 Å². The van der Waals surface area contributed by atoms with Gasteiger partial charge in [0.05, 0.1) is 5.92 Å². The van der Waals surface area contributed by atoms with Crippen molar-refractivity contribution in [3.63, 3.8) is 0 Å². The fourth-order valence-corrected chi connectivity index (χ4v) is 4.53.